The average molecular weight is 394 g/mol. The van der Waals surface area contributed by atoms with Crippen molar-refractivity contribution in [3.05, 3.63) is 64.7 Å². The van der Waals surface area contributed by atoms with E-state index in [1.807, 2.05) is 30.3 Å². The lowest BCUT2D eigenvalue weighted by molar-refractivity contribution is -0.137. The monoisotopic (exact) mass is 393 g/mol. The molecule has 2 unspecified atom stereocenters. The molecular weight excluding hydrogens is 375 g/mol. The molecule has 2 nitrogen and oxygen atoms in total. The summed E-state index contributed by atoms with van der Waals surface area (Å²) in [5.74, 6) is -0.164. The van der Waals surface area contributed by atoms with Crippen molar-refractivity contribution in [2.24, 2.45) is 11.3 Å². The van der Waals surface area contributed by atoms with Gasteiger partial charge in [-0.3, -0.25) is 4.79 Å². The van der Waals surface area contributed by atoms with Crippen molar-refractivity contribution in [3.63, 3.8) is 0 Å². The van der Waals surface area contributed by atoms with Gasteiger partial charge in [0.2, 0.25) is 5.91 Å². The Hall–Kier alpha value is -2.01. The van der Waals surface area contributed by atoms with Crippen molar-refractivity contribution in [1.82, 2.24) is 0 Å². The Kier molecular flexibility index (Phi) is 4.46. The zero-order chi connectivity index (χ0) is 19.2. The van der Waals surface area contributed by atoms with Gasteiger partial charge in [-0.15, -0.1) is 0 Å². The zero-order valence-electron chi connectivity index (χ0n) is 14.5. The lowest BCUT2D eigenvalue weighted by atomic mass is 9.97. The third-order valence-corrected chi connectivity index (χ3v) is 6.31. The number of carbonyl (C=O) groups excluding carboxylic acids is 1. The van der Waals surface area contributed by atoms with E-state index in [2.05, 4.69) is 5.32 Å². The van der Waals surface area contributed by atoms with Gasteiger partial charge in [0.05, 0.1) is 22.2 Å². The van der Waals surface area contributed by atoms with Crippen LogP contribution in [-0.4, -0.2) is 5.91 Å². The predicted molar refractivity (Wildman–Crippen MR) is 98.7 cm³/mol. The van der Waals surface area contributed by atoms with E-state index in [4.69, 9.17) is 11.6 Å². The van der Waals surface area contributed by atoms with Gasteiger partial charge in [-0.05, 0) is 42.0 Å². The van der Waals surface area contributed by atoms with Crippen LogP contribution >= 0.6 is 11.6 Å². The molecule has 2 saturated carbocycles. The number of rotatable bonds is 3. The second-order valence-electron chi connectivity index (χ2n) is 7.49. The molecule has 2 fully saturated rings. The minimum absolute atomic E-state index is 0.0240. The molecule has 2 aliphatic carbocycles. The summed E-state index contributed by atoms with van der Waals surface area (Å²) in [4.78, 5) is 13.0. The largest absolute Gasteiger partial charge is 0.416 e. The predicted octanol–water partition coefficient (Wildman–Crippen LogP) is 6.27. The fraction of sp³-hybridized carbons (Fsp3) is 0.381. The van der Waals surface area contributed by atoms with Crippen molar-refractivity contribution in [2.75, 3.05) is 5.32 Å². The number of benzene rings is 2. The fourth-order valence-electron chi connectivity index (χ4n) is 4.75. The van der Waals surface area contributed by atoms with Gasteiger partial charge in [-0.25, -0.2) is 0 Å². The number of hydrogen-bond donors (Lipinski definition) is 1. The number of anilines is 1. The summed E-state index contributed by atoms with van der Waals surface area (Å²) in [7, 11) is 0. The van der Waals surface area contributed by atoms with Crippen molar-refractivity contribution in [1.29, 1.82) is 0 Å². The number of halogens is 4. The number of amides is 1. The molecule has 0 saturated heterocycles. The SMILES string of the molecule is O=C(Nc1ccc(C(F)(F)F)cc1Cl)C1C(c2ccccc2)C12CCCC2. The van der Waals surface area contributed by atoms with E-state index in [1.54, 1.807) is 0 Å². The van der Waals surface area contributed by atoms with Gasteiger partial charge in [0, 0.05) is 5.92 Å². The molecule has 6 heteroatoms. The summed E-state index contributed by atoms with van der Waals surface area (Å²) >= 11 is 5.99. The molecule has 2 atom stereocenters. The van der Waals surface area contributed by atoms with Crippen LogP contribution in [0, 0.1) is 11.3 Å². The Morgan fingerprint density at radius 1 is 1.07 bits per heavy atom. The zero-order valence-corrected chi connectivity index (χ0v) is 15.3. The molecule has 0 bridgehead atoms. The maximum Gasteiger partial charge on any atom is 0.416 e. The topological polar surface area (TPSA) is 29.1 Å². The summed E-state index contributed by atoms with van der Waals surface area (Å²) in [6.45, 7) is 0. The Morgan fingerprint density at radius 3 is 2.33 bits per heavy atom. The molecular formula is C21H19ClF3NO. The van der Waals surface area contributed by atoms with Crippen molar-refractivity contribution < 1.29 is 18.0 Å². The summed E-state index contributed by atoms with van der Waals surface area (Å²) in [5, 5.41) is 2.66. The van der Waals surface area contributed by atoms with E-state index >= 15 is 0 Å². The van der Waals surface area contributed by atoms with E-state index < -0.39 is 11.7 Å². The highest BCUT2D eigenvalue weighted by atomic mass is 35.5. The van der Waals surface area contributed by atoms with Gasteiger partial charge < -0.3 is 5.32 Å². The first-order valence-corrected chi connectivity index (χ1v) is 9.43. The molecule has 1 spiro atoms. The van der Waals surface area contributed by atoms with Gasteiger partial charge in [0.15, 0.2) is 0 Å². The lowest BCUT2D eigenvalue weighted by Crippen LogP contribution is -2.18. The van der Waals surface area contributed by atoms with E-state index in [-0.39, 0.29) is 33.9 Å². The van der Waals surface area contributed by atoms with Gasteiger partial charge >= 0.3 is 6.18 Å². The minimum Gasteiger partial charge on any atom is -0.324 e. The van der Waals surface area contributed by atoms with Crippen LogP contribution in [0.25, 0.3) is 0 Å². The lowest BCUT2D eigenvalue weighted by Gasteiger charge is -2.12. The molecule has 2 aromatic carbocycles. The van der Waals surface area contributed by atoms with E-state index in [0.29, 0.717) is 0 Å². The number of nitrogens with one attached hydrogen (secondary N) is 1. The van der Waals surface area contributed by atoms with Crippen LogP contribution in [0.15, 0.2) is 48.5 Å². The van der Waals surface area contributed by atoms with E-state index in [1.165, 1.54) is 6.07 Å². The molecule has 1 amide bonds. The van der Waals surface area contributed by atoms with Crippen LogP contribution in [0.1, 0.15) is 42.7 Å². The second kappa shape index (κ2) is 6.55. The molecule has 0 heterocycles. The summed E-state index contributed by atoms with van der Waals surface area (Å²) in [6, 6.07) is 13.0. The van der Waals surface area contributed by atoms with Crippen LogP contribution in [-0.2, 0) is 11.0 Å². The van der Waals surface area contributed by atoms with Crippen LogP contribution in [0.4, 0.5) is 18.9 Å². The third kappa shape index (κ3) is 3.22. The Morgan fingerprint density at radius 2 is 1.74 bits per heavy atom. The molecule has 4 rings (SSSR count). The maximum atomic E-state index is 13.0. The molecule has 27 heavy (non-hydrogen) atoms. The Bertz CT molecular complexity index is 859. The fourth-order valence-corrected chi connectivity index (χ4v) is 4.97. The first kappa shape index (κ1) is 18.4. The first-order valence-electron chi connectivity index (χ1n) is 9.05. The average Bonchev–Trinajstić information content (AvgIpc) is 3.01. The first-order chi connectivity index (χ1) is 12.8. The molecule has 142 valence electrons. The van der Waals surface area contributed by atoms with Crippen LogP contribution in [0.2, 0.25) is 5.02 Å². The summed E-state index contributed by atoms with van der Waals surface area (Å²) in [5.41, 5.74) is 0.523. The van der Waals surface area contributed by atoms with Gasteiger partial charge in [0.25, 0.3) is 0 Å². The van der Waals surface area contributed by atoms with Crippen molar-refractivity contribution in [3.8, 4) is 0 Å². The van der Waals surface area contributed by atoms with Gasteiger partial charge in [-0.1, -0.05) is 54.8 Å². The standard InChI is InChI=1S/C21H19ClF3NO/c22-15-12-14(21(23,24)25)8-9-16(15)26-19(27)18-17(13-6-2-1-3-7-13)20(18)10-4-5-11-20/h1-3,6-9,12,17-18H,4-5,10-11H2,(H,26,27). The maximum absolute atomic E-state index is 13.0. The third-order valence-electron chi connectivity index (χ3n) is 5.99. The number of carbonyl (C=O) groups is 1. The Balaban J connectivity index is 1.56. The quantitative estimate of drug-likeness (QED) is 0.654. The number of hydrogen-bond acceptors (Lipinski definition) is 1. The summed E-state index contributed by atoms with van der Waals surface area (Å²) < 4.78 is 38.4. The highest BCUT2D eigenvalue weighted by Gasteiger charge is 2.68. The van der Waals surface area contributed by atoms with E-state index in [0.717, 1.165) is 43.4 Å². The minimum atomic E-state index is -4.46. The normalized spacial score (nSPS) is 23.4. The van der Waals surface area contributed by atoms with Crippen LogP contribution < -0.4 is 5.32 Å². The van der Waals surface area contributed by atoms with Crippen molar-refractivity contribution >= 4 is 23.2 Å². The molecule has 0 aromatic heterocycles. The van der Waals surface area contributed by atoms with Crippen LogP contribution in [0.3, 0.4) is 0 Å². The van der Waals surface area contributed by atoms with Crippen molar-refractivity contribution in [2.45, 2.75) is 37.8 Å². The van der Waals surface area contributed by atoms with E-state index in [9.17, 15) is 18.0 Å². The molecule has 0 radical (unpaired) electrons. The molecule has 2 aromatic rings. The van der Waals surface area contributed by atoms with Gasteiger partial charge in [0.1, 0.15) is 0 Å². The second-order valence-corrected chi connectivity index (χ2v) is 7.90. The highest BCUT2D eigenvalue weighted by Crippen LogP contribution is 2.72. The van der Waals surface area contributed by atoms with Gasteiger partial charge in [-0.2, -0.15) is 13.2 Å². The number of alkyl halides is 3. The Labute approximate surface area is 160 Å². The van der Waals surface area contributed by atoms with Crippen LogP contribution in [0.5, 0.6) is 0 Å². The molecule has 1 N–H and O–H groups in total. The summed E-state index contributed by atoms with van der Waals surface area (Å²) in [6.07, 6.45) is -0.242. The molecule has 2 aliphatic rings. The molecule has 0 aliphatic heterocycles. The highest BCUT2D eigenvalue weighted by molar-refractivity contribution is 6.33. The smallest absolute Gasteiger partial charge is 0.324 e.